The van der Waals surface area contributed by atoms with Gasteiger partial charge in [-0.25, -0.2) is 4.57 Å². The lowest BCUT2D eigenvalue weighted by Gasteiger charge is -2.19. The first-order chi connectivity index (χ1) is 25.2. The maximum Gasteiger partial charge on any atom is 0.472 e. The van der Waals surface area contributed by atoms with Crippen molar-refractivity contribution in [2.24, 2.45) is 5.73 Å². The highest BCUT2D eigenvalue weighted by Gasteiger charge is 2.25. The van der Waals surface area contributed by atoms with Crippen molar-refractivity contribution >= 4 is 13.8 Å². The highest BCUT2D eigenvalue weighted by Crippen LogP contribution is 2.43. The molecule has 5 N–H and O–H groups in total. The molecule has 0 saturated carbocycles. The van der Waals surface area contributed by atoms with Crippen molar-refractivity contribution < 1.29 is 43.0 Å². The maximum atomic E-state index is 12.5. The van der Waals surface area contributed by atoms with Crippen LogP contribution in [-0.4, -0.2) is 65.8 Å². The van der Waals surface area contributed by atoms with E-state index in [-0.39, 0.29) is 26.2 Å². The molecular formula is C41H74NO9P. The first-order valence-corrected chi connectivity index (χ1v) is 21.5. The zero-order chi connectivity index (χ0) is 38.4. The molecule has 0 aliphatic rings. The van der Waals surface area contributed by atoms with Gasteiger partial charge in [0.2, 0.25) is 0 Å². The van der Waals surface area contributed by atoms with Gasteiger partial charge in [-0.05, 0) is 51.0 Å². The van der Waals surface area contributed by atoms with E-state index in [1.54, 1.807) is 42.7 Å². The molecule has 0 spiro atoms. The van der Waals surface area contributed by atoms with Gasteiger partial charge in [0, 0.05) is 13.0 Å². The molecule has 0 rings (SSSR count). The second-order valence-electron chi connectivity index (χ2n) is 13.3. The monoisotopic (exact) mass is 756 g/mol. The third kappa shape index (κ3) is 36.3. The van der Waals surface area contributed by atoms with E-state index >= 15 is 0 Å². The van der Waals surface area contributed by atoms with Gasteiger partial charge in [-0.15, -0.1) is 0 Å². The molecule has 0 aromatic carbocycles. The summed E-state index contributed by atoms with van der Waals surface area (Å²) in [7, 11) is -4.36. The lowest BCUT2D eigenvalue weighted by atomic mass is 10.0. The molecule has 4 atom stereocenters. The summed E-state index contributed by atoms with van der Waals surface area (Å²) in [5.41, 5.74) is 5.33. The standard InChI is InChI=1S/C41H74NO9P/c1-3-5-7-9-11-12-13-14-15-16-17-18-22-26-34-48-36-40(37-50-52(46,47)49-35-33-42)51-41(45)32-27-31-39(44)30-25-21-20-24-29-38(43)28-23-19-10-8-6-4-2/h19-21,23-26,29-30,34,38-40,43-44H,3-18,22,27-28,31-33,35-37,42H2,1-2H3,(H,46,47)/b21-20+,23-19-,29-24+,30-25-,34-26+/t38-,39-,40+/m0/s1. The zero-order valence-corrected chi connectivity index (χ0v) is 33.4. The van der Waals surface area contributed by atoms with Crippen molar-refractivity contribution in [3.8, 4) is 0 Å². The highest BCUT2D eigenvalue weighted by molar-refractivity contribution is 7.47. The largest absolute Gasteiger partial charge is 0.498 e. The molecule has 302 valence electrons. The first kappa shape index (κ1) is 50.0. The number of phosphoric ester groups is 1. The third-order valence-electron chi connectivity index (χ3n) is 8.19. The summed E-state index contributed by atoms with van der Waals surface area (Å²) in [5, 5.41) is 20.3. The van der Waals surface area contributed by atoms with Crippen LogP contribution in [0.4, 0.5) is 0 Å². The minimum Gasteiger partial charge on any atom is -0.498 e. The van der Waals surface area contributed by atoms with Crippen LogP contribution in [0, 0.1) is 0 Å². The normalized spacial score (nSPS) is 15.3. The van der Waals surface area contributed by atoms with Gasteiger partial charge >= 0.3 is 13.8 Å². The van der Waals surface area contributed by atoms with Crippen LogP contribution < -0.4 is 5.73 Å². The predicted octanol–water partition coefficient (Wildman–Crippen LogP) is 9.70. The number of aliphatic hydroxyl groups excluding tert-OH is 2. The van der Waals surface area contributed by atoms with Gasteiger partial charge in [-0.1, -0.05) is 146 Å². The number of phosphoric acid groups is 1. The van der Waals surface area contributed by atoms with Crippen LogP contribution in [0.5, 0.6) is 0 Å². The molecule has 0 aromatic rings. The quantitative estimate of drug-likeness (QED) is 0.0120. The fraction of sp³-hybridized carbons (Fsp3) is 0.732. The average molecular weight is 756 g/mol. The summed E-state index contributed by atoms with van der Waals surface area (Å²) in [6.07, 6.45) is 38.1. The van der Waals surface area contributed by atoms with Gasteiger partial charge in [0.15, 0.2) is 6.10 Å². The predicted molar refractivity (Wildman–Crippen MR) is 213 cm³/mol. The molecule has 10 nitrogen and oxygen atoms in total. The lowest BCUT2D eigenvalue weighted by molar-refractivity contribution is -0.153. The van der Waals surface area contributed by atoms with E-state index in [4.69, 9.17) is 24.3 Å². The van der Waals surface area contributed by atoms with Crippen molar-refractivity contribution in [2.75, 3.05) is 26.4 Å². The highest BCUT2D eigenvalue weighted by atomic mass is 31.2. The Kier molecular flexibility index (Phi) is 35.8. The van der Waals surface area contributed by atoms with E-state index in [0.717, 1.165) is 19.3 Å². The Morgan fingerprint density at radius 2 is 1.25 bits per heavy atom. The van der Waals surface area contributed by atoms with E-state index in [9.17, 15) is 24.5 Å². The number of ether oxygens (including phenoxy) is 2. The first-order valence-electron chi connectivity index (χ1n) is 20.0. The smallest absolute Gasteiger partial charge is 0.472 e. The van der Waals surface area contributed by atoms with Crippen LogP contribution in [0.1, 0.15) is 149 Å². The fourth-order valence-corrected chi connectivity index (χ4v) is 5.92. The number of unbranched alkanes of at least 4 members (excludes halogenated alkanes) is 15. The Morgan fingerprint density at radius 1 is 0.692 bits per heavy atom. The molecule has 1 unspecified atom stereocenters. The molecule has 0 radical (unpaired) electrons. The summed E-state index contributed by atoms with van der Waals surface area (Å²) < 4.78 is 32.9. The molecule has 11 heteroatoms. The summed E-state index contributed by atoms with van der Waals surface area (Å²) in [6.45, 7) is 3.87. The van der Waals surface area contributed by atoms with Crippen molar-refractivity contribution in [3.05, 3.63) is 60.9 Å². The van der Waals surface area contributed by atoms with E-state index in [1.807, 2.05) is 12.2 Å². The van der Waals surface area contributed by atoms with E-state index in [0.29, 0.717) is 19.3 Å². The Morgan fingerprint density at radius 3 is 1.88 bits per heavy atom. The lowest BCUT2D eigenvalue weighted by Crippen LogP contribution is -2.28. The van der Waals surface area contributed by atoms with Crippen LogP contribution >= 0.6 is 7.82 Å². The molecular weight excluding hydrogens is 681 g/mol. The van der Waals surface area contributed by atoms with Crippen LogP contribution in [-0.2, 0) is 27.9 Å². The number of nitrogens with two attached hydrogens (primary N) is 1. The summed E-state index contributed by atoms with van der Waals surface area (Å²) in [6, 6.07) is 0. The number of allylic oxidation sites excluding steroid dienone is 6. The van der Waals surface area contributed by atoms with Crippen LogP contribution in [0.2, 0.25) is 0 Å². The second-order valence-corrected chi connectivity index (χ2v) is 14.7. The summed E-state index contributed by atoms with van der Waals surface area (Å²) in [4.78, 5) is 22.4. The number of rotatable bonds is 37. The summed E-state index contributed by atoms with van der Waals surface area (Å²) >= 11 is 0. The molecule has 0 bridgehead atoms. The summed E-state index contributed by atoms with van der Waals surface area (Å²) in [5.74, 6) is -0.538. The molecule has 0 aliphatic heterocycles. The van der Waals surface area contributed by atoms with Crippen LogP contribution in [0.3, 0.4) is 0 Å². The van der Waals surface area contributed by atoms with Gasteiger partial charge in [0.1, 0.15) is 6.61 Å². The average Bonchev–Trinajstić information content (AvgIpc) is 3.12. The fourth-order valence-electron chi connectivity index (χ4n) is 5.15. The molecule has 0 saturated heterocycles. The number of aliphatic hydroxyl groups is 2. The van der Waals surface area contributed by atoms with E-state index < -0.39 is 38.7 Å². The zero-order valence-electron chi connectivity index (χ0n) is 32.5. The Bertz CT molecular complexity index is 1010. The van der Waals surface area contributed by atoms with Crippen molar-refractivity contribution in [2.45, 2.75) is 167 Å². The minimum atomic E-state index is -4.36. The Balaban J connectivity index is 4.43. The molecule has 52 heavy (non-hydrogen) atoms. The van der Waals surface area contributed by atoms with Gasteiger partial charge in [0.25, 0.3) is 0 Å². The Hall–Kier alpha value is -2.04. The number of hydrogen-bond acceptors (Lipinski definition) is 9. The van der Waals surface area contributed by atoms with Gasteiger partial charge in [-0.3, -0.25) is 13.8 Å². The third-order valence-corrected chi connectivity index (χ3v) is 9.18. The number of hydrogen-bond donors (Lipinski definition) is 4. The number of carbonyl (C=O) groups excluding carboxylic acids is 1. The van der Waals surface area contributed by atoms with Crippen molar-refractivity contribution in [1.29, 1.82) is 0 Å². The van der Waals surface area contributed by atoms with Gasteiger partial charge in [0.05, 0.1) is 31.7 Å². The SMILES string of the molecule is CCCCC/C=C\C[C@H](O)/C=C/C=C/C=C\[C@H](O)CCCC(=O)O[C@H](CO/C=C/CCCCCCCCCCCCCC)COP(=O)(O)OCCN. The Labute approximate surface area is 316 Å². The number of esters is 1. The van der Waals surface area contributed by atoms with Gasteiger partial charge < -0.3 is 30.3 Å². The van der Waals surface area contributed by atoms with Crippen molar-refractivity contribution in [3.63, 3.8) is 0 Å². The van der Waals surface area contributed by atoms with Gasteiger partial charge in [-0.2, -0.15) is 0 Å². The molecule has 0 fully saturated rings. The van der Waals surface area contributed by atoms with Crippen LogP contribution in [0.25, 0.3) is 0 Å². The number of carbonyl (C=O) groups is 1. The molecule has 0 heterocycles. The molecule has 0 aliphatic carbocycles. The van der Waals surface area contributed by atoms with Crippen molar-refractivity contribution in [1.82, 2.24) is 0 Å². The minimum absolute atomic E-state index is 0.0418. The van der Waals surface area contributed by atoms with Crippen LogP contribution in [0.15, 0.2) is 60.9 Å². The van der Waals surface area contributed by atoms with E-state index in [2.05, 4.69) is 19.9 Å². The maximum absolute atomic E-state index is 12.5. The topological polar surface area (TPSA) is 158 Å². The second kappa shape index (κ2) is 37.3. The molecule has 0 aromatic heterocycles. The van der Waals surface area contributed by atoms with E-state index in [1.165, 1.54) is 89.9 Å². The molecule has 0 amide bonds.